The van der Waals surface area contributed by atoms with Crippen LogP contribution in [0.2, 0.25) is 0 Å². The molecule has 0 bridgehead atoms. The van der Waals surface area contributed by atoms with Crippen LogP contribution in [0.4, 0.5) is 5.69 Å². The zero-order valence-electron chi connectivity index (χ0n) is 13.0. The lowest BCUT2D eigenvalue weighted by molar-refractivity contribution is -0.116. The van der Waals surface area contributed by atoms with E-state index in [1.54, 1.807) is 11.8 Å². The number of amides is 1. The molecular formula is C21H17NO. The predicted molar refractivity (Wildman–Crippen MR) is 95.2 cm³/mol. The Labute approximate surface area is 136 Å². The minimum Gasteiger partial charge on any atom is -0.307 e. The van der Waals surface area contributed by atoms with Crippen LogP contribution < -0.4 is 4.90 Å². The van der Waals surface area contributed by atoms with Gasteiger partial charge in [-0.1, -0.05) is 54.5 Å². The second-order valence-corrected chi connectivity index (χ2v) is 5.45. The Morgan fingerprint density at radius 3 is 2.43 bits per heavy atom. The maximum Gasteiger partial charge on any atom is 0.224 e. The minimum absolute atomic E-state index is 0.0270. The van der Waals surface area contributed by atoms with Crippen molar-refractivity contribution in [1.82, 2.24) is 0 Å². The van der Waals surface area contributed by atoms with Gasteiger partial charge in [-0.3, -0.25) is 4.79 Å². The Morgan fingerprint density at radius 1 is 1.00 bits per heavy atom. The maximum atomic E-state index is 12.1. The lowest BCUT2D eigenvalue weighted by Crippen LogP contribution is -2.28. The molecule has 0 heterocycles. The lowest BCUT2D eigenvalue weighted by atomic mass is 10.1. The van der Waals surface area contributed by atoms with E-state index in [4.69, 9.17) is 6.42 Å². The van der Waals surface area contributed by atoms with Gasteiger partial charge in [0.2, 0.25) is 5.91 Å². The van der Waals surface area contributed by atoms with E-state index >= 15 is 0 Å². The number of benzene rings is 3. The fraction of sp³-hybridized carbons (Fsp3) is 0.0952. The van der Waals surface area contributed by atoms with Crippen LogP contribution in [0.3, 0.4) is 0 Å². The normalized spacial score (nSPS) is 10.3. The highest BCUT2D eigenvalue weighted by molar-refractivity contribution is 5.93. The molecule has 0 N–H and O–H groups in total. The highest BCUT2D eigenvalue weighted by Crippen LogP contribution is 2.23. The number of carbonyl (C=O) groups is 1. The molecule has 0 fully saturated rings. The van der Waals surface area contributed by atoms with Crippen LogP contribution in [0.15, 0.2) is 66.7 Å². The summed E-state index contributed by atoms with van der Waals surface area (Å²) in [5.74, 6) is 2.63. The molecule has 0 saturated heterocycles. The molecule has 3 aromatic rings. The molecular weight excluding hydrogens is 282 g/mol. The van der Waals surface area contributed by atoms with Crippen molar-refractivity contribution < 1.29 is 4.79 Å². The molecule has 0 aliphatic heterocycles. The fourth-order valence-electron chi connectivity index (χ4n) is 2.72. The molecule has 0 aromatic heterocycles. The maximum absolute atomic E-state index is 12.1. The van der Waals surface area contributed by atoms with E-state index in [1.165, 1.54) is 10.8 Å². The first-order valence-electron chi connectivity index (χ1n) is 7.50. The summed E-state index contributed by atoms with van der Waals surface area (Å²) in [4.78, 5) is 13.9. The minimum atomic E-state index is -0.0270. The van der Waals surface area contributed by atoms with Gasteiger partial charge in [-0.15, -0.1) is 6.42 Å². The van der Waals surface area contributed by atoms with Crippen LogP contribution in [0.5, 0.6) is 0 Å². The van der Waals surface area contributed by atoms with E-state index in [0.717, 1.165) is 16.8 Å². The molecule has 2 nitrogen and oxygen atoms in total. The average Bonchev–Trinajstić information content (AvgIpc) is 2.59. The van der Waals surface area contributed by atoms with Crippen LogP contribution in [0.1, 0.15) is 18.1 Å². The van der Waals surface area contributed by atoms with E-state index < -0.39 is 0 Å². The van der Waals surface area contributed by atoms with Gasteiger partial charge >= 0.3 is 0 Å². The molecule has 0 aliphatic carbocycles. The second-order valence-electron chi connectivity index (χ2n) is 5.45. The number of carbonyl (C=O) groups excluding carboxylic acids is 1. The van der Waals surface area contributed by atoms with E-state index in [9.17, 15) is 4.79 Å². The van der Waals surface area contributed by atoms with E-state index in [0.29, 0.717) is 6.54 Å². The van der Waals surface area contributed by atoms with Crippen LogP contribution in [-0.2, 0) is 11.3 Å². The van der Waals surface area contributed by atoms with Gasteiger partial charge in [0.1, 0.15) is 0 Å². The number of nitrogens with zero attached hydrogens (tertiary/aromatic N) is 1. The van der Waals surface area contributed by atoms with Gasteiger partial charge in [0.15, 0.2) is 0 Å². The van der Waals surface area contributed by atoms with Crippen LogP contribution in [0, 0.1) is 12.3 Å². The molecule has 0 aliphatic rings. The molecule has 0 spiro atoms. The van der Waals surface area contributed by atoms with Crippen molar-refractivity contribution in [2.24, 2.45) is 0 Å². The molecule has 1 amide bonds. The summed E-state index contributed by atoms with van der Waals surface area (Å²) < 4.78 is 0. The van der Waals surface area contributed by atoms with Crippen LogP contribution >= 0.6 is 0 Å². The third kappa shape index (κ3) is 3.09. The summed E-state index contributed by atoms with van der Waals surface area (Å²) in [7, 11) is 0. The number of hydrogen-bond donors (Lipinski definition) is 0. The number of anilines is 1. The molecule has 3 rings (SSSR count). The average molecular weight is 299 g/mol. The number of rotatable bonds is 3. The van der Waals surface area contributed by atoms with Crippen LogP contribution in [0.25, 0.3) is 10.8 Å². The lowest BCUT2D eigenvalue weighted by Gasteiger charge is -2.23. The van der Waals surface area contributed by atoms with Crippen molar-refractivity contribution in [3.63, 3.8) is 0 Å². The standard InChI is InChI=1S/C21H17NO/c1-3-18-8-6-7-11-21(18)22(16(2)23)15-17-12-13-19-9-4-5-10-20(19)14-17/h1,4-14H,15H2,2H3. The number of terminal acetylenes is 1. The molecule has 112 valence electrons. The Morgan fingerprint density at radius 2 is 1.70 bits per heavy atom. The van der Waals surface area contributed by atoms with Crippen molar-refractivity contribution >= 4 is 22.4 Å². The summed E-state index contributed by atoms with van der Waals surface area (Å²) in [6.07, 6.45) is 5.57. The quantitative estimate of drug-likeness (QED) is 0.657. The van der Waals surface area contributed by atoms with Gasteiger partial charge in [0.05, 0.1) is 12.2 Å². The zero-order chi connectivity index (χ0) is 16.2. The monoisotopic (exact) mass is 299 g/mol. The van der Waals surface area contributed by atoms with Crippen LogP contribution in [-0.4, -0.2) is 5.91 Å². The topological polar surface area (TPSA) is 20.3 Å². The zero-order valence-corrected chi connectivity index (χ0v) is 13.0. The van der Waals surface area contributed by atoms with Gasteiger partial charge in [0, 0.05) is 12.5 Å². The van der Waals surface area contributed by atoms with Gasteiger partial charge in [-0.25, -0.2) is 0 Å². The van der Waals surface area contributed by atoms with E-state index in [2.05, 4.69) is 36.3 Å². The molecule has 0 saturated carbocycles. The summed E-state index contributed by atoms with van der Waals surface area (Å²) >= 11 is 0. The van der Waals surface area contributed by atoms with E-state index in [-0.39, 0.29) is 5.91 Å². The van der Waals surface area contributed by atoms with Crippen molar-refractivity contribution in [1.29, 1.82) is 0 Å². The highest BCUT2D eigenvalue weighted by atomic mass is 16.2. The molecule has 23 heavy (non-hydrogen) atoms. The van der Waals surface area contributed by atoms with Crippen molar-refractivity contribution in [3.8, 4) is 12.3 Å². The summed E-state index contributed by atoms with van der Waals surface area (Å²) in [5.41, 5.74) is 2.57. The van der Waals surface area contributed by atoms with Gasteiger partial charge < -0.3 is 4.90 Å². The number of hydrogen-bond acceptors (Lipinski definition) is 1. The Hall–Kier alpha value is -3.05. The van der Waals surface area contributed by atoms with Gasteiger partial charge in [-0.05, 0) is 34.5 Å². The van der Waals surface area contributed by atoms with Crippen molar-refractivity contribution in [2.75, 3.05) is 4.90 Å². The molecule has 2 heteroatoms. The summed E-state index contributed by atoms with van der Waals surface area (Å²) in [6.45, 7) is 2.06. The summed E-state index contributed by atoms with van der Waals surface area (Å²) in [5, 5.41) is 2.35. The Kier molecular flexibility index (Phi) is 4.12. The third-order valence-electron chi connectivity index (χ3n) is 3.89. The molecule has 0 atom stereocenters. The number of fused-ring (bicyclic) bond motifs is 1. The largest absolute Gasteiger partial charge is 0.307 e. The van der Waals surface area contributed by atoms with Crippen molar-refractivity contribution in [2.45, 2.75) is 13.5 Å². The third-order valence-corrected chi connectivity index (χ3v) is 3.89. The van der Waals surface area contributed by atoms with Gasteiger partial charge in [-0.2, -0.15) is 0 Å². The van der Waals surface area contributed by atoms with Crippen molar-refractivity contribution in [3.05, 3.63) is 77.9 Å². The highest BCUT2D eigenvalue weighted by Gasteiger charge is 2.15. The second kappa shape index (κ2) is 6.37. The Balaban J connectivity index is 1.99. The first-order valence-corrected chi connectivity index (χ1v) is 7.50. The number of para-hydroxylation sites is 1. The smallest absolute Gasteiger partial charge is 0.224 e. The first-order chi connectivity index (χ1) is 11.2. The molecule has 0 radical (unpaired) electrons. The van der Waals surface area contributed by atoms with E-state index in [1.807, 2.05) is 36.4 Å². The molecule has 3 aromatic carbocycles. The first kappa shape index (κ1) is 14.9. The predicted octanol–water partition coefficient (Wildman–Crippen LogP) is 4.37. The Bertz CT molecular complexity index is 905. The fourth-order valence-corrected chi connectivity index (χ4v) is 2.72. The summed E-state index contributed by atoms with van der Waals surface area (Å²) in [6, 6.07) is 22.0. The SMILES string of the molecule is C#Cc1ccccc1N(Cc1ccc2ccccc2c1)C(C)=O. The van der Waals surface area contributed by atoms with Gasteiger partial charge in [0.25, 0.3) is 0 Å². The molecule has 0 unspecified atom stereocenters.